The van der Waals surface area contributed by atoms with Gasteiger partial charge in [-0.15, -0.1) is 0 Å². The van der Waals surface area contributed by atoms with Crippen molar-refractivity contribution in [1.82, 2.24) is 9.97 Å². The number of hydrogen-bond donors (Lipinski definition) is 0. The summed E-state index contributed by atoms with van der Waals surface area (Å²) < 4.78 is 0. The molecule has 0 N–H and O–H groups in total. The highest BCUT2D eigenvalue weighted by Crippen LogP contribution is 2.59. The van der Waals surface area contributed by atoms with Gasteiger partial charge in [-0.3, -0.25) is 0 Å². The molecule has 4 nitrogen and oxygen atoms in total. The highest BCUT2D eigenvalue weighted by atomic mass is 32.2. The Kier molecular flexibility index (Phi) is 6.01. The van der Waals surface area contributed by atoms with E-state index in [1.807, 2.05) is 23.5 Å². The van der Waals surface area contributed by atoms with Gasteiger partial charge >= 0.3 is 0 Å². The summed E-state index contributed by atoms with van der Waals surface area (Å²) in [7, 11) is 0. The minimum absolute atomic E-state index is 0.0303. The molecule has 2 bridgehead atoms. The molecule has 0 unspecified atom stereocenters. The van der Waals surface area contributed by atoms with Gasteiger partial charge in [0.1, 0.15) is 0 Å². The van der Waals surface area contributed by atoms with Crippen LogP contribution in [0, 0.1) is 0 Å². The van der Waals surface area contributed by atoms with Crippen LogP contribution in [0.5, 0.6) is 0 Å². The molecule has 244 valence electrons. The van der Waals surface area contributed by atoms with E-state index in [0.717, 1.165) is 22.4 Å². The lowest BCUT2D eigenvalue weighted by molar-refractivity contribution is 0.709. The summed E-state index contributed by atoms with van der Waals surface area (Å²) in [5.41, 5.74) is 16.5. The van der Waals surface area contributed by atoms with Crippen LogP contribution in [0.15, 0.2) is 177 Å². The molecular weight excluding hydrogens is 673 g/mol. The molecule has 8 aromatic rings. The van der Waals surface area contributed by atoms with Crippen molar-refractivity contribution in [3.8, 4) is 0 Å². The summed E-state index contributed by atoms with van der Waals surface area (Å²) in [4.78, 5) is 20.7. The summed E-state index contributed by atoms with van der Waals surface area (Å²) in [5.74, 6) is -0.0607. The largest absolute Gasteiger partial charge is 0.308 e. The lowest BCUT2D eigenvalue weighted by Gasteiger charge is -2.42. The van der Waals surface area contributed by atoms with E-state index in [0.29, 0.717) is 0 Å². The minimum Gasteiger partial charge on any atom is -0.308 e. The summed E-state index contributed by atoms with van der Waals surface area (Å²) >= 11 is 3.69. The first-order valence-electron chi connectivity index (χ1n) is 17.6. The van der Waals surface area contributed by atoms with Gasteiger partial charge in [0.15, 0.2) is 0 Å². The van der Waals surface area contributed by atoms with Crippen molar-refractivity contribution >= 4 is 68.7 Å². The molecule has 3 heterocycles. The van der Waals surface area contributed by atoms with Gasteiger partial charge in [-0.1, -0.05) is 96.3 Å². The number of fused-ring (bicyclic) bond motifs is 5. The Bertz CT molecular complexity index is 2530. The van der Waals surface area contributed by atoms with Gasteiger partial charge in [-0.25, -0.2) is 9.97 Å². The van der Waals surface area contributed by atoms with Gasteiger partial charge in [-0.2, -0.15) is 0 Å². The maximum atomic E-state index is 5.39. The van der Waals surface area contributed by atoms with Crippen molar-refractivity contribution in [3.05, 3.63) is 191 Å². The lowest BCUT2D eigenvalue weighted by atomic mass is 9.64. The Morgan fingerprint density at radius 3 is 1.10 bits per heavy atom. The quantitative estimate of drug-likeness (QED) is 0.178. The average Bonchev–Trinajstić information content (AvgIpc) is 3.20. The third kappa shape index (κ3) is 4.02. The second-order valence-electron chi connectivity index (χ2n) is 13.7. The fraction of sp³-hybridized carbons (Fsp3) is 0.0435. The molecule has 52 heavy (non-hydrogen) atoms. The topological polar surface area (TPSA) is 32.3 Å². The summed E-state index contributed by atoms with van der Waals surface area (Å²) in [6.07, 6.45) is 0. The minimum atomic E-state index is -0.0303. The first-order valence-corrected chi connectivity index (χ1v) is 19.3. The Morgan fingerprint density at radius 1 is 0.365 bits per heavy atom. The Hall–Kier alpha value is -5.82. The second kappa shape index (κ2) is 10.8. The van der Waals surface area contributed by atoms with Gasteiger partial charge in [0.25, 0.3) is 0 Å². The maximum absolute atomic E-state index is 5.39. The van der Waals surface area contributed by atoms with Crippen molar-refractivity contribution in [2.24, 2.45) is 0 Å². The number of nitrogens with zero attached hydrogens (tertiary/aromatic N) is 4. The van der Waals surface area contributed by atoms with Crippen LogP contribution in [0.3, 0.4) is 0 Å². The van der Waals surface area contributed by atoms with Gasteiger partial charge in [0.05, 0.1) is 57.0 Å². The number of benzene rings is 7. The van der Waals surface area contributed by atoms with E-state index in [2.05, 4.69) is 168 Å². The maximum Gasteiger partial charge on any atom is 0.0890 e. The van der Waals surface area contributed by atoms with Crippen LogP contribution in [-0.2, 0) is 0 Å². The van der Waals surface area contributed by atoms with Crippen molar-refractivity contribution in [2.75, 3.05) is 9.80 Å². The summed E-state index contributed by atoms with van der Waals surface area (Å²) in [6, 6.07) is 57.5. The molecule has 0 amide bonds. The Balaban J connectivity index is 1.07. The van der Waals surface area contributed by atoms with Crippen LogP contribution < -0.4 is 9.80 Å². The fourth-order valence-corrected chi connectivity index (χ4v) is 10.9. The summed E-state index contributed by atoms with van der Waals surface area (Å²) in [5, 5.41) is 0. The monoisotopic (exact) mass is 700 g/mol. The predicted molar refractivity (Wildman–Crippen MR) is 212 cm³/mol. The molecule has 7 aromatic carbocycles. The van der Waals surface area contributed by atoms with Crippen LogP contribution in [-0.4, -0.2) is 9.97 Å². The first kappa shape index (κ1) is 28.8. The number of rotatable bonds is 2. The zero-order valence-corrected chi connectivity index (χ0v) is 29.4. The first-order chi connectivity index (χ1) is 25.8. The Morgan fingerprint density at radius 2 is 0.712 bits per heavy atom. The van der Waals surface area contributed by atoms with Crippen LogP contribution in [0.25, 0.3) is 11.0 Å². The number of aromatic nitrogens is 2. The van der Waals surface area contributed by atoms with Crippen LogP contribution in [0.4, 0.5) is 34.1 Å². The predicted octanol–water partition coefficient (Wildman–Crippen LogP) is 12.5. The van der Waals surface area contributed by atoms with Crippen LogP contribution >= 0.6 is 23.5 Å². The molecule has 0 saturated carbocycles. The molecule has 2 aliphatic heterocycles. The van der Waals surface area contributed by atoms with Gasteiger partial charge < -0.3 is 9.80 Å². The molecule has 0 spiro atoms. The van der Waals surface area contributed by atoms with E-state index in [1.165, 1.54) is 76.0 Å². The average molecular weight is 701 g/mol. The number of anilines is 6. The van der Waals surface area contributed by atoms with Gasteiger partial charge in [0.2, 0.25) is 0 Å². The van der Waals surface area contributed by atoms with E-state index in [4.69, 9.17) is 9.97 Å². The van der Waals surface area contributed by atoms with E-state index in [-0.39, 0.29) is 11.8 Å². The van der Waals surface area contributed by atoms with Crippen molar-refractivity contribution in [3.63, 3.8) is 0 Å². The molecule has 2 atom stereocenters. The van der Waals surface area contributed by atoms with Crippen LogP contribution in [0.1, 0.15) is 45.5 Å². The van der Waals surface area contributed by atoms with Crippen molar-refractivity contribution in [1.29, 1.82) is 0 Å². The summed E-state index contributed by atoms with van der Waals surface area (Å²) in [6.45, 7) is 0. The molecule has 13 rings (SSSR count). The molecule has 6 heteroatoms. The molecule has 0 saturated heterocycles. The van der Waals surface area contributed by atoms with E-state index in [1.54, 1.807) is 0 Å². The normalized spacial score (nSPS) is 17.0. The van der Waals surface area contributed by atoms with Crippen LogP contribution in [0.2, 0.25) is 0 Å². The van der Waals surface area contributed by atoms with Gasteiger partial charge in [-0.05, 0) is 107 Å². The van der Waals surface area contributed by atoms with E-state index < -0.39 is 0 Å². The lowest BCUT2D eigenvalue weighted by Crippen LogP contribution is -2.30. The molecule has 3 aliphatic carbocycles. The third-order valence-corrected chi connectivity index (χ3v) is 13.2. The number of hydrogen-bond acceptors (Lipinski definition) is 6. The van der Waals surface area contributed by atoms with Crippen molar-refractivity contribution in [2.45, 2.75) is 31.4 Å². The molecule has 0 fully saturated rings. The standard InChI is InChI=1S/C46H28N4S2/c1-2-12-34-33(11-1)47-45-43-29-23-21-28(50-37-15-5-9-19-41(37)52-42-20-10-6-16-38(42)50)26-32(29)44(46(45)48-34)30-24-22-27(25-31(30)43)49-35-13-3-7-17-39(35)51-40-18-8-4-14-36(40)49/h1-26,43-44H/t43-,44-/m0/s1. The highest BCUT2D eigenvalue weighted by Gasteiger charge is 2.45. The second-order valence-corrected chi connectivity index (χ2v) is 15.9. The van der Waals surface area contributed by atoms with Crippen molar-refractivity contribution < 1.29 is 0 Å². The zero-order chi connectivity index (χ0) is 33.9. The van der Waals surface area contributed by atoms with E-state index in [9.17, 15) is 0 Å². The highest BCUT2D eigenvalue weighted by molar-refractivity contribution is 8.00. The SMILES string of the molecule is c1ccc2c(c1)Sc1ccccc1N2c1ccc2c(c1)[C@@H]1c3ccc(N4c5ccccc5Sc5ccccc54)cc3[C@H]2c2nc3ccccc3nc21. The molecule has 1 aromatic heterocycles. The third-order valence-electron chi connectivity index (χ3n) is 10.9. The fourth-order valence-electron chi connectivity index (χ4n) is 8.77. The molecule has 0 radical (unpaired) electrons. The Labute approximate surface area is 309 Å². The van der Waals surface area contributed by atoms with Gasteiger partial charge in [0, 0.05) is 31.0 Å². The van der Waals surface area contributed by atoms with E-state index >= 15 is 0 Å². The molecular formula is C46H28N4S2. The smallest absolute Gasteiger partial charge is 0.0890 e. The number of para-hydroxylation sites is 6. The molecule has 5 aliphatic rings. The zero-order valence-electron chi connectivity index (χ0n) is 27.8.